The maximum atomic E-state index is 11.1. The highest BCUT2D eigenvalue weighted by Gasteiger charge is 2.42. The van der Waals surface area contributed by atoms with Crippen LogP contribution in [0.5, 0.6) is 0 Å². The third kappa shape index (κ3) is 3.51. The summed E-state index contributed by atoms with van der Waals surface area (Å²) in [6.07, 6.45) is 4.78. The van der Waals surface area contributed by atoms with Crippen molar-refractivity contribution in [2.75, 3.05) is 6.61 Å². The van der Waals surface area contributed by atoms with Crippen LogP contribution in [0, 0.1) is 5.41 Å². The zero-order valence-corrected chi connectivity index (χ0v) is 13.0. The Morgan fingerprint density at radius 2 is 1.90 bits per heavy atom. The Hall–Kier alpha value is -2.11. The van der Waals surface area contributed by atoms with Crippen LogP contribution in [0.3, 0.4) is 0 Å². The highest BCUT2D eigenvalue weighted by Crippen LogP contribution is 2.44. The lowest BCUT2D eigenvalue weighted by Gasteiger charge is -2.26. The second-order valence-corrected chi connectivity index (χ2v) is 6.05. The first kappa shape index (κ1) is 15.3. The Morgan fingerprint density at radius 3 is 2.48 bits per heavy atom. The molecule has 1 aromatic heterocycles. The van der Waals surface area contributed by atoms with Crippen molar-refractivity contribution in [1.29, 1.82) is 0 Å². The molecule has 0 amide bonds. The molecule has 0 radical (unpaired) electrons. The van der Waals surface area contributed by atoms with Crippen molar-refractivity contribution in [3.8, 4) is 0 Å². The van der Waals surface area contributed by atoms with Gasteiger partial charge < -0.3 is 14.2 Å². The minimum absolute atomic E-state index is 0.203. The molecule has 0 saturated carbocycles. The second kappa shape index (κ2) is 5.35. The van der Waals surface area contributed by atoms with Crippen LogP contribution in [0.15, 0.2) is 24.5 Å². The third-order valence-corrected chi connectivity index (χ3v) is 2.98. The molecular formula is C15H20N2O4. The molecule has 114 valence electrons. The van der Waals surface area contributed by atoms with Crippen LogP contribution in [0.2, 0.25) is 0 Å². The molecule has 0 spiro atoms. The van der Waals surface area contributed by atoms with Gasteiger partial charge in [0, 0.05) is 33.2 Å². The Labute approximate surface area is 124 Å². The average molecular weight is 292 g/mol. The number of hydrogen-bond acceptors (Lipinski definition) is 6. The number of hydrogen-bond donors (Lipinski definition) is 0. The van der Waals surface area contributed by atoms with E-state index < -0.39 is 11.2 Å². The van der Waals surface area contributed by atoms with E-state index in [1.165, 1.54) is 13.3 Å². The fraction of sp³-hybridized carbons (Fsp3) is 0.533. The molecule has 6 heteroatoms. The third-order valence-electron chi connectivity index (χ3n) is 2.98. The van der Waals surface area contributed by atoms with Crippen LogP contribution in [0.4, 0.5) is 0 Å². The number of ether oxygens (including phenoxy) is 3. The maximum absolute atomic E-state index is 11.1. The second-order valence-electron chi connectivity index (χ2n) is 6.05. The summed E-state index contributed by atoms with van der Waals surface area (Å²) in [5.74, 6) is 0.0984. The van der Waals surface area contributed by atoms with Gasteiger partial charge in [-0.1, -0.05) is 0 Å². The summed E-state index contributed by atoms with van der Waals surface area (Å²) >= 11 is 0. The summed E-state index contributed by atoms with van der Waals surface area (Å²) in [7, 11) is 0. The predicted octanol–water partition coefficient (Wildman–Crippen LogP) is 2.52. The smallest absolute Gasteiger partial charge is 0.302 e. The summed E-state index contributed by atoms with van der Waals surface area (Å²) in [4.78, 5) is 19.1. The maximum Gasteiger partial charge on any atom is 0.302 e. The summed E-state index contributed by atoms with van der Waals surface area (Å²) < 4.78 is 16.9. The van der Waals surface area contributed by atoms with E-state index in [1.807, 2.05) is 27.7 Å². The van der Waals surface area contributed by atoms with Gasteiger partial charge in [-0.25, -0.2) is 9.97 Å². The summed E-state index contributed by atoms with van der Waals surface area (Å²) in [5.41, 5.74) is 0.207. The van der Waals surface area contributed by atoms with E-state index in [2.05, 4.69) is 9.97 Å². The molecule has 6 nitrogen and oxygen atoms in total. The molecule has 1 aromatic rings. The van der Waals surface area contributed by atoms with Crippen molar-refractivity contribution >= 4 is 11.7 Å². The zero-order valence-electron chi connectivity index (χ0n) is 13.0. The standard InChI is InChI=1S/C15H20N2O4/c1-10(18)19-8-14(2,3)13-12(20-15(4,5)21-13)11-6-16-9-17-7-11/h6-7,9H,8H2,1-5H3. The van der Waals surface area contributed by atoms with Crippen LogP contribution < -0.4 is 0 Å². The summed E-state index contributed by atoms with van der Waals surface area (Å²) in [6.45, 7) is 9.09. The molecule has 0 fully saturated rings. The lowest BCUT2D eigenvalue weighted by atomic mass is 9.90. The zero-order chi connectivity index (χ0) is 15.7. The van der Waals surface area contributed by atoms with Crippen molar-refractivity contribution in [3.05, 3.63) is 30.0 Å². The van der Waals surface area contributed by atoms with Gasteiger partial charge in [0.2, 0.25) is 5.79 Å². The fourth-order valence-electron chi connectivity index (χ4n) is 2.00. The van der Waals surface area contributed by atoms with Gasteiger partial charge in [-0.3, -0.25) is 4.79 Å². The molecule has 1 aliphatic heterocycles. The first-order chi connectivity index (χ1) is 9.71. The lowest BCUT2D eigenvalue weighted by molar-refractivity contribution is -0.146. The number of nitrogens with zero attached hydrogens (tertiary/aromatic N) is 2. The van der Waals surface area contributed by atoms with Gasteiger partial charge in [0.25, 0.3) is 0 Å². The largest absolute Gasteiger partial charge is 0.465 e. The minimum Gasteiger partial charge on any atom is -0.465 e. The number of carbonyl (C=O) groups is 1. The quantitative estimate of drug-likeness (QED) is 0.794. The van der Waals surface area contributed by atoms with E-state index >= 15 is 0 Å². The SMILES string of the molecule is CC(=O)OCC(C)(C)C1=C(c2cncnc2)OC(C)(C)O1. The Morgan fingerprint density at radius 1 is 1.29 bits per heavy atom. The molecule has 0 aromatic carbocycles. The number of carbonyl (C=O) groups excluding carboxylic acids is 1. The van der Waals surface area contributed by atoms with E-state index in [-0.39, 0.29) is 12.6 Å². The van der Waals surface area contributed by atoms with Crippen molar-refractivity contribution in [1.82, 2.24) is 9.97 Å². The topological polar surface area (TPSA) is 70.5 Å². The van der Waals surface area contributed by atoms with Gasteiger partial charge in [-0.05, 0) is 13.8 Å². The monoisotopic (exact) mass is 292 g/mol. The van der Waals surface area contributed by atoms with Crippen LogP contribution in [0.25, 0.3) is 5.76 Å². The Bertz CT molecular complexity index is 564. The lowest BCUT2D eigenvalue weighted by Crippen LogP contribution is -2.28. The minimum atomic E-state index is -0.784. The van der Waals surface area contributed by atoms with Gasteiger partial charge in [-0.15, -0.1) is 0 Å². The summed E-state index contributed by atoms with van der Waals surface area (Å²) in [5, 5.41) is 0. The Kier molecular flexibility index (Phi) is 3.89. The van der Waals surface area contributed by atoms with Crippen molar-refractivity contribution in [2.24, 2.45) is 5.41 Å². The normalized spacial score (nSPS) is 17.2. The molecule has 21 heavy (non-hydrogen) atoms. The molecule has 0 bridgehead atoms. The van der Waals surface area contributed by atoms with E-state index in [9.17, 15) is 4.79 Å². The number of esters is 1. The molecular weight excluding hydrogens is 272 g/mol. The van der Waals surface area contributed by atoms with E-state index in [0.29, 0.717) is 11.5 Å². The first-order valence-corrected chi connectivity index (χ1v) is 6.73. The van der Waals surface area contributed by atoms with E-state index in [0.717, 1.165) is 5.56 Å². The first-order valence-electron chi connectivity index (χ1n) is 6.73. The molecule has 2 rings (SSSR count). The average Bonchev–Trinajstić information content (AvgIpc) is 2.75. The number of aromatic nitrogens is 2. The van der Waals surface area contributed by atoms with Crippen molar-refractivity contribution < 1.29 is 19.0 Å². The molecule has 1 aliphatic rings. The fourth-order valence-corrected chi connectivity index (χ4v) is 2.00. The van der Waals surface area contributed by atoms with Crippen LogP contribution in [0.1, 0.15) is 40.2 Å². The van der Waals surface area contributed by atoms with Crippen molar-refractivity contribution in [3.63, 3.8) is 0 Å². The van der Waals surface area contributed by atoms with Crippen LogP contribution in [-0.4, -0.2) is 28.3 Å². The van der Waals surface area contributed by atoms with Crippen molar-refractivity contribution in [2.45, 2.75) is 40.4 Å². The molecule has 0 unspecified atom stereocenters. The van der Waals surface area contributed by atoms with Crippen LogP contribution in [-0.2, 0) is 19.0 Å². The molecule has 0 atom stereocenters. The predicted molar refractivity (Wildman–Crippen MR) is 75.6 cm³/mol. The number of rotatable bonds is 4. The summed E-state index contributed by atoms with van der Waals surface area (Å²) in [6, 6.07) is 0. The van der Waals surface area contributed by atoms with E-state index in [1.54, 1.807) is 12.4 Å². The van der Waals surface area contributed by atoms with Gasteiger partial charge >= 0.3 is 5.97 Å². The molecule has 0 aliphatic carbocycles. The van der Waals surface area contributed by atoms with Gasteiger partial charge in [0.05, 0.1) is 11.0 Å². The van der Waals surface area contributed by atoms with Gasteiger partial charge in [0.15, 0.2) is 11.5 Å². The highest BCUT2D eigenvalue weighted by atomic mass is 16.7. The van der Waals surface area contributed by atoms with Gasteiger partial charge in [-0.2, -0.15) is 0 Å². The molecule has 2 heterocycles. The Balaban J connectivity index is 2.37. The van der Waals surface area contributed by atoms with Gasteiger partial charge in [0.1, 0.15) is 12.9 Å². The van der Waals surface area contributed by atoms with Crippen LogP contribution >= 0.6 is 0 Å². The molecule has 0 N–H and O–H groups in total. The highest BCUT2D eigenvalue weighted by molar-refractivity contribution is 5.66. The van der Waals surface area contributed by atoms with E-state index in [4.69, 9.17) is 14.2 Å². The molecule has 0 saturated heterocycles.